The summed E-state index contributed by atoms with van der Waals surface area (Å²) in [6, 6.07) is 0. The number of hydrogen-bond acceptors (Lipinski definition) is 1. The van der Waals surface area contributed by atoms with Gasteiger partial charge in [0.2, 0.25) is 0 Å². The molecule has 4 bridgehead atoms. The molecule has 0 radical (unpaired) electrons. The molecule has 4 fully saturated rings. The van der Waals surface area contributed by atoms with Crippen LogP contribution in [0.5, 0.6) is 0 Å². The number of ketones is 1. The SMILES string of the molecule is C[C@@]12C[C@H]3C[C@@H]1C2C3=O. The lowest BCUT2D eigenvalue weighted by atomic mass is 10.1. The van der Waals surface area contributed by atoms with Crippen molar-refractivity contribution in [3.63, 3.8) is 0 Å². The van der Waals surface area contributed by atoms with Gasteiger partial charge in [0.25, 0.3) is 0 Å². The van der Waals surface area contributed by atoms with Gasteiger partial charge in [-0.3, -0.25) is 4.79 Å². The summed E-state index contributed by atoms with van der Waals surface area (Å²) in [6.07, 6.45) is 2.46. The first-order chi connectivity index (χ1) is 4.23. The zero-order valence-corrected chi connectivity index (χ0v) is 5.55. The Labute approximate surface area is 54.4 Å². The molecule has 1 nitrogen and oxygen atoms in total. The molecule has 4 atom stereocenters. The zero-order chi connectivity index (χ0) is 6.22. The second kappa shape index (κ2) is 0.882. The monoisotopic (exact) mass is 122 g/mol. The van der Waals surface area contributed by atoms with Crippen molar-refractivity contribution in [2.75, 3.05) is 0 Å². The van der Waals surface area contributed by atoms with Gasteiger partial charge in [-0.15, -0.1) is 0 Å². The minimum atomic E-state index is 0.505. The normalized spacial score (nSPS) is 67.2. The first-order valence-corrected chi connectivity index (χ1v) is 3.77. The van der Waals surface area contributed by atoms with Crippen LogP contribution in [0.3, 0.4) is 0 Å². The molecule has 4 aliphatic rings. The third-order valence-corrected chi connectivity index (χ3v) is 3.78. The summed E-state index contributed by atoms with van der Waals surface area (Å²) in [5, 5.41) is 0. The van der Waals surface area contributed by atoms with Gasteiger partial charge in [0.05, 0.1) is 0 Å². The molecular weight excluding hydrogens is 112 g/mol. The molecule has 4 rings (SSSR count). The molecule has 0 spiro atoms. The number of hydrogen-bond donors (Lipinski definition) is 0. The molecule has 0 heterocycles. The molecule has 4 saturated carbocycles. The van der Waals surface area contributed by atoms with Gasteiger partial charge in [-0.25, -0.2) is 0 Å². The standard InChI is InChI=1S/C8H10O/c1-8-3-4-2-5(8)6(8)7(4)9/h4-6H,2-3H2,1H3/t4-,5-,6?,8-/m1/s1. The summed E-state index contributed by atoms with van der Waals surface area (Å²) in [6.45, 7) is 2.28. The number of carbonyl (C=O) groups is 1. The Hall–Kier alpha value is -0.330. The van der Waals surface area contributed by atoms with E-state index in [1.54, 1.807) is 0 Å². The third kappa shape index (κ3) is 0.262. The lowest BCUT2D eigenvalue weighted by Gasteiger charge is -1.95. The number of Topliss-reactive ketones (excluding diaryl/α,β-unsaturated/α-hetero) is 1. The van der Waals surface area contributed by atoms with E-state index < -0.39 is 0 Å². The summed E-state index contributed by atoms with van der Waals surface area (Å²) in [5.74, 6) is 2.46. The van der Waals surface area contributed by atoms with E-state index in [1.165, 1.54) is 12.8 Å². The van der Waals surface area contributed by atoms with E-state index in [9.17, 15) is 4.79 Å². The summed E-state index contributed by atoms with van der Waals surface area (Å²) in [7, 11) is 0. The highest BCUT2D eigenvalue weighted by molar-refractivity contribution is 5.93. The van der Waals surface area contributed by atoms with Gasteiger partial charge >= 0.3 is 0 Å². The first-order valence-electron chi connectivity index (χ1n) is 3.77. The molecule has 1 heteroatoms. The van der Waals surface area contributed by atoms with E-state index >= 15 is 0 Å². The van der Waals surface area contributed by atoms with Crippen LogP contribution in [0.2, 0.25) is 0 Å². The Morgan fingerprint density at radius 1 is 1.67 bits per heavy atom. The van der Waals surface area contributed by atoms with Crippen molar-refractivity contribution in [3.05, 3.63) is 0 Å². The lowest BCUT2D eigenvalue weighted by Crippen LogP contribution is -2.00. The van der Waals surface area contributed by atoms with Gasteiger partial charge in [0.15, 0.2) is 0 Å². The van der Waals surface area contributed by atoms with E-state index in [4.69, 9.17) is 0 Å². The van der Waals surface area contributed by atoms with Crippen molar-refractivity contribution < 1.29 is 4.79 Å². The minimum absolute atomic E-state index is 0.505. The van der Waals surface area contributed by atoms with Gasteiger partial charge in [-0.1, -0.05) is 6.92 Å². The molecular formula is C8H10O. The van der Waals surface area contributed by atoms with Crippen LogP contribution < -0.4 is 0 Å². The van der Waals surface area contributed by atoms with Crippen molar-refractivity contribution in [2.45, 2.75) is 19.8 Å². The fraction of sp³-hybridized carbons (Fsp3) is 0.875. The van der Waals surface area contributed by atoms with Crippen LogP contribution in [0.4, 0.5) is 0 Å². The predicted molar refractivity (Wildman–Crippen MR) is 32.8 cm³/mol. The highest BCUT2D eigenvalue weighted by Gasteiger charge is 2.76. The lowest BCUT2D eigenvalue weighted by molar-refractivity contribution is -0.120. The Balaban J connectivity index is 2.20. The topological polar surface area (TPSA) is 17.1 Å². The average molecular weight is 122 g/mol. The third-order valence-electron chi connectivity index (χ3n) is 3.78. The second-order valence-corrected chi connectivity index (χ2v) is 4.13. The van der Waals surface area contributed by atoms with E-state index in [2.05, 4.69) is 6.92 Å². The number of carbonyl (C=O) groups excluding carboxylic acids is 1. The van der Waals surface area contributed by atoms with Crippen LogP contribution in [0.1, 0.15) is 19.8 Å². The fourth-order valence-electron chi connectivity index (χ4n) is 3.26. The molecule has 9 heavy (non-hydrogen) atoms. The first kappa shape index (κ1) is 4.48. The Bertz CT molecular complexity index is 209. The van der Waals surface area contributed by atoms with Crippen molar-refractivity contribution in [1.29, 1.82) is 0 Å². The van der Waals surface area contributed by atoms with Gasteiger partial charge in [0, 0.05) is 11.8 Å². The van der Waals surface area contributed by atoms with Gasteiger partial charge in [0.1, 0.15) is 5.78 Å². The van der Waals surface area contributed by atoms with Crippen LogP contribution in [0, 0.1) is 23.2 Å². The van der Waals surface area contributed by atoms with Crippen LogP contribution in [-0.2, 0) is 4.79 Å². The van der Waals surface area contributed by atoms with Crippen molar-refractivity contribution >= 4 is 5.78 Å². The quantitative estimate of drug-likeness (QED) is 0.472. The molecule has 4 aliphatic carbocycles. The van der Waals surface area contributed by atoms with Gasteiger partial charge in [-0.05, 0) is 24.2 Å². The van der Waals surface area contributed by atoms with Gasteiger partial charge in [-0.2, -0.15) is 0 Å². The maximum absolute atomic E-state index is 11.2. The summed E-state index contributed by atoms with van der Waals surface area (Å²) >= 11 is 0. The largest absolute Gasteiger partial charge is 0.299 e. The zero-order valence-electron chi connectivity index (χ0n) is 5.55. The molecule has 0 N–H and O–H groups in total. The molecule has 0 saturated heterocycles. The maximum atomic E-state index is 11.2. The molecule has 48 valence electrons. The Morgan fingerprint density at radius 2 is 2.44 bits per heavy atom. The van der Waals surface area contributed by atoms with Crippen LogP contribution in [-0.4, -0.2) is 5.78 Å². The average Bonchev–Trinajstić information content (AvgIpc) is 2.21. The molecule has 0 aromatic heterocycles. The van der Waals surface area contributed by atoms with E-state index in [0.29, 0.717) is 23.0 Å². The summed E-state index contributed by atoms with van der Waals surface area (Å²) < 4.78 is 0. The van der Waals surface area contributed by atoms with E-state index in [-0.39, 0.29) is 0 Å². The maximum Gasteiger partial charge on any atom is 0.139 e. The van der Waals surface area contributed by atoms with Crippen molar-refractivity contribution in [1.82, 2.24) is 0 Å². The summed E-state index contributed by atoms with van der Waals surface area (Å²) in [5.41, 5.74) is 0.516. The highest BCUT2D eigenvalue weighted by Crippen LogP contribution is 2.76. The van der Waals surface area contributed by atoms with Crippen LogP contribution >= 0.6 is 0 Å². The molecule has 0 aliphatic heterocycles. The van der Waals surface area contributed by atoms with Crippen molar-refractivity contribution in [2.24, 2.45) is 23.2 Å². The Kier molecular flexibility index (Phi) is 0.439. The molecule has 0 aromatic rings. The predicted octanol–water partition coefficient (Wildman–Crippen LogP) is 1.23. The van der Waals surface area contributed by atoms with Crippen LogP contribution in [0.25, 0.3) is 0 Å². The van der Waals surface area contributed by atoms with Crippen LogP contribution in [0.15, 0.2) is 0 Å². The smallest absolute Gasteiger partial charge is 0.139 e. The molecule has 0 amide bonds. The molecule has 0 aromatic carbocycles. The Morgan fingerprint density at radius 3 is 2.56 bits per heavy atom. The number of rotatable bonds is 0. The highest BCUT2D eigenvalue weighted by atomic mass is 16.1. The van der Waals surface area contributed by atoms with E-state index in [1.807, 2.05) is 0 Å². The van der Waals surface area contributed by atoms with Gasteiger partial charge < -0.3 is 0 Å². The minimum Gasteiger partial charge on any atom is -0.299 e. The summed E-state index contributed by atoms with van der Waals surface area (Å²) in [4.78, 5) is 11.2. The fourth-order valence-corrected chi connectivity index (χ4v) is 3.26. The molecule has 1 unspecified atom stereocenters. The van der Waals surface area contributed by atoms with E-state index in [0.717, 1.165) is 5.92 Å². The van der Waals surface area contributed by atoms with Crippen molar-refractivity contribution in [3.8, 4) is 0 Å². The second-order valence-electron chi connectivity index (χ2n) is 4.13.